The summed E-state index contributed by atoms with van der Waals surface area (Å²) >= 11 is 3.33. The first-order chi connectivity index (χ1) is 9.56. The Morgan fingerprint density at radius 3 is 2.45 bits per heavy atom. The SMILES string of the molecule is N#Cc1cccc(N(C(N)=O)c2ccccc2Br)c1O. The van der Waals surface area contributed by atoms with Crippen molar-refractivity contribution in [1.82, 2.24) is 0 Å². The van der Waals surface area contributed by atoms with E-state index in [0.717, 1.165) is 4.90 Å². The van der Waals surface area contributed by atoms with Crippen molar-refractivity contribution in [2.45, 2.75) is 0 Å². The van der Waals surface area contributed by atoms with Gasteiger partial charge in [0, 0.05) is 4.47 Å². The third-order valence-electron chi connectivity index (χ3n) is 2.69. The van der Waals surface area contributed by atoms with E-state index in [-0.39, 0.29) is 17.0 Å². The zero-order chi connectivity index (χ0) is 14.7. The molecule has 0 bridgehead atoms. The standard InChI is InChI=1S/C14H10BrN3O2/c15-10-5-1-2-6-11(10)18(14(17)20)12-7-3-4-9(8-16)13(12)19/h1-7,19H,(H2,17,20). The number of anilines is 2. The summed E-state index contributed by atoms with van der Waals surface area (Å²) in [5.41, 5.74) is 6.11. The first kappa shape index (κ1) is 13.9. The number of phenolic OH excluding ortho intramolecular Hbond substituents is 1. The first-order valence-corrected chi connectivity index (χ1v) is 6.41. The Balaban J connectivity index is 2.65. The molecular weight excluding hydrogens is 322 g/mol. The minimum atomic E-state index is -0.762. The quantitative estimate of drug-likeness (QED) is 0.884. The molecule has 5 nitrogen and oxygen atoms in total. The van der Waals surface area contributed by atoms with Gasteiger partial charge in [0.1, 0.15) is 6.07 Å². The second-order valence-electron chi connectivity index (χ2n) is 3.91. The van der Waals surface area contributed by atoms with Gasteiger partial charge in [-0.25, -0.2) is 4.79 Å². The first-order valence-electron chi connectivity index (χ1n) is 5.62. The van der Waals surface area contributed by atoms with E-state index in [1.807, 2.05) is 6.07 Å². The van der Waals surface area contributed by atoms with E-state index in [0.29, 0.717) is 10.2 Å². The number of rotatable bonds is 2. The van der Waals surface area contributed by atoms with Crippen LogP contribution in [0.4, 0.5) is 16.2 Å². The third-order valence-corrected chi connectivity index (χ3v) is 3.36. The highest BCUT2D eigenvalue weighted by atomic mass is 79.9. The molecule has 0 spiro atoms. The molecule has 0 heterocycles. The molecule has 2 aromatic rings. The monoisotopic (exact) mass is 331 g/mol. The molecule has 3 N–H and O–H groups in total. The zero-order valence-corrected chi connectivity index (χ0v) is 11.8. The summed E-state index contributed by atoms with van der Waals surface area (Å²) in [6.07, 6.45) is 0. The summed E-state index contributed by atoms with van der Waals surface area (Å²) in [4.78, 5) is 12.9. The van der Waals surface area contributed by atoms with Crippen LogP contribution in [0.3, 0.4) is 0 Å². The number of halogens is 1. The number of nitriles is 1. The molecule has 6 heteroatoms. The fraction of sp³-hybridized carbons (Fsp3) is 0. The summed E-state index contributed by atoms with van der Waals surface area (Å²) in [5, 5.41) is 19.0. The molecule has 100 valence electrons. The highest BCUT2D eigenvalue weighted by Crippen LogP contribution is 2.38. The van der Waals surface area contributed by atoms with Gasteiger partial charge in [-0.2, -0.15) is 5.26 Å². The lowest BCUT2D eigenvalue weighted by atomic mass is 10.1. The van der Waals surface area contributed by atoms with Crippen molar-refractivity contribution in [3.05, 3.63) is 52.5 Å². The van der Waals surface area contributed by atoms with Crippen LogP contribution in [0.5, 0.6) is 5.75 Å². The van der Waals surface area contributed by atoms with Gasteiger partial charge in [-0.3, -0.25) is 4.90 Å². The molecule has 0 unspecified atom stereocenters. The number of para-hydroxylation sites is 2. The van der Waals surface area contributed by atoms with Crippen LogP contribution in [0.25, 0.3) is 0 Å². The van der Waals surface area contributed by atoms with Gasteiger partial charge in [0.05, 0.1) is 16.9 Å². The summed E-state index contributed by atoms with van der Waals surface area (Å²) in [5.74, 6) is -0.287. The molecule has 2 amide bonds. The Kier molecular flexibility index (Phi) is 3.91. The molecule has 20 heavy (non-hydrogen) atoms. The summed E-state index contributed by atoms with van der Waals surface area (Å²) in [7, 11) is 0. The Labute approximate surface area is 124 Å². The number of carbonyl (C=O) groups excluding carboxylic acids is 1. The number of nitrogens with two attached hydrogens (primary N) is 1. The lowest BCUT2D eigenvalue weighted by Crippen LogP contribution is -2.31. The van der Waals surface area contributed by atoms with Crippen molar-refractivity contribution in [3.63, 3.8) is 0 Å². The lowest BCUT2D eigenvalue weighted by molar-refractivity contribution is 0.256. The maximum absolute atomic E-state index is 11.7. The predicted molar refractivity (Wildman–Crippen MR) is 78.7 cm³/mol. The van der Waals surface area contributed by atoms with Gasteiger partial charge < -0.3 is 10.8 Å². The van der Waals surface area contributed by atoms with E-state index in [1.165, 1.54) is 12.1 Å². The van der Waals surface area contributed by atoms with Crippen LogP contribution < -0.4 is 10.6 Å². The number of aromatic hydroxyl groups is 1. The minimum absolute atomic E-state index is 0.0702. The smallest absolute Gasteiger partial charge is 0.324 e. The molecule has 0 saturated carbocycles. The second-order valence-corrected chi connectivity index (χ2v) is 4.76. The van der Waals surface area contributed by atoms with Gasteiger partial charge in [-0.15, -0.1) is 0 Å². The third kappa shape index (κ3) is 2.44. The number of hydrogen-bond acceptors (Lipinski definition) is 3. The zero-order valence-electron chi connectivity index (χ0n) is 10.2. The van der Waals surface area contributed by atoms with Crippen LogP contribution >= 0.6 is 15.9 Å². The molecule has 0 aliphatic carbocycles. The Morgan fingerprint density at radius 2 is 1.85 bits per heavy atom. The van der Waals surface area contributed by atoms with E-state index >= 15 is 0 Å². The largest absolute Gasteiger partial charge is 0.504 e. The normalized spacial score (nSPS) is 9.80. The number of primary amides is 1. The van der Waals surface area contributed by atoms with E-state index in [9.17, 15) is 9.90 Å². The summed E-state index contributed by atoms with van der Waals surface area (Å²) in [6, 6.07) is 12.6. The molecule has 0 fully saturated rings. The molecule has 2 aromatic carbocycles. The molecule has 0 aliphatic heterocycles. The second kappa shape index (κ2) is 5.63. The highest BCUT2D eigenvalue weighted by Gasteiger charge is 2.21. The van der Waals surface area contributed by atoms with Gasteiger partial charge >= 0.3 is 6.03 Å². The van der Waals surface area contributed by atoms with Crippen LogP contribution in [-0.2, 0) is 0 Å². The van der Waals surface area contributed by atoms with E-state index in [4.69, 9.17) is 11.0 Å². The van der Waals surface area contributed by atoms with Crippen molar-refractivity contribution < 1.29 is 9.90 Å². The number of hydrogen-bond donors (Lipinski definition) is 2. The molecular formula is C14H10BrN3O2. The van der Waals surface area contributed by atoms with Gasteiger partial charge in [0.25, 0.3) is 0 Å². The van der Waals surface area contributed by atoms with E-state index in [2.05, 4.69) is 15.9 Å². The summed E-state index contributed by atoms with van der Waals surface area (Å²) in [6.45, 7) is 0. The minimum Gasteiger partial charge on any atom is -0.504 e. The maximum atomic E-state index is 11.7. The molecule has 0 saturated heterocycles. The van der Waals surface area contributed by atoms with Crippen LogP contribution in [0.2, 0.25) is 0 Å². The number of benzene rings is 2. The van der Waals surface area contributed by atoms with Crippen molar-refractivity contribution in [1.29, 1.82) is 5.26 Å². The van der Waals surface area contributed by atoms with Crippen molar-refractivity contribution in [2.24, 2.45) is 5.73 Å². The van der Waals surface area contributed by atoms with Crippen molar-refractivity contribution in [2.75, 3.05) is 4.90 Å². The number of urea groups is 1. The molecule has 2 rings (SSSR count). The van der Waals surface area contributed by atoms with E-state index in [1.54, 1.807) is 30.3 Å². The average molecular weight is 332 g/mol. The molecule has 0 radical (unpaired) electrons. The number of nitrogens with zero attached hydrogens (tertiary/aromatic N) is 2. The fourth-order valence-electron chi connectivity index (χ4n) is 1.80. The van der Waals surface area contributed by atoms with Gasteiger partial charge in [-0.1, -0.05) is 18.2 Å². The predicted octanol–water partition coefficient (Wildman–Crippen LogP) is 3.24. The number of phenols is 1. The summed E-state index contributed by atoms with van der Waals surface area (Å²) < 4.78 is 0.639. The molecule has 0 aliphatic rings. The molecule has 0 aromatic heterocycles. The van der Waals surface area contributed by atoms with Crippen LogP contribution in [0.1, 0.15) is 5.56 Å². The lowest BCUT2D eigenvalue weighted by Gasteiger charge is -2.23. The average Bonchev–Trinajstić information content (AvgIpc) is 2.43. The van der Waals surface area contributed by atoms with Gasteiger partial charge in [0.15, 0.2) is 5.75 Å². The van der Waals surface area contributed by atoms with Gasteiger partial charge in [0.2, 0.25) is 0 Å². The van der Waals surface area contributed by atoms with Crippen LogP contribution in [0, 0.1) is 11.3 Å². The Bertz CT molecular complexity index is 710. The Morgan fingerprint density at radius 1 is 1.20 bits per heavy atom. The number of carbonyl (C=O) groups is 1. The fourth-order valence-corrected chi connectivity index (χ4v) is 2.26. The highest BCUT2D eigenvalue weighted by molar-refractivity contribution is 9.10. The van der Waals surface area contributed by atoms with Crippen LogP contribution in [0.15, 0.2) is 46.9 Å². The van der Waals surface area contributed by atoms with Gasteiger partial charge in [-0.05, 0) is 40.2 Å². The van der Waals surface area contributed by atoms with Crippen molar-refractivity contribution in [3.8, 4) is 11.8 Å². The topological polar surface area (TPSA) is 90.4 Å². The molecule has 0 atom stereocenters. The maximum Gasteiger partial charge on any atom is 0.324 e. The number of amides is 2. The van der Waals surface area contributed by atoms with Crippen LogP contribution in [-0.4, -0.2) is 11.1 Å². The Hall–Kier alpha value is -2.52. The van der Waals surface area contributed by atoms with E-state index < -0.39 is 6.03 Å². The van der Waals surface area contributed by atoms with Crippen molar-refractivity contribution >= 4 is 33.3 Å².